The molecule has 34 heavy (non-hydrogen) atoms. The number of primary amides is 1. The summed E-state index contributed by atoms with van der Waals surface area (Å²) in [5.74, 6) is -2.70. The Hall–Kier alpha value is -3.10. The summed E-state index contributed by atoms with van der Waals surface area (Å²) >= 11 is 0. The molecule has 1 aromatic carbocycles. The molecule has 9 heteroatoms. The molecule has 0 spiro atoms. The van der Waals surface area contributed by atoms with Crippen LogP contribution in [-0.2, 0) is 25.5 Å². The van der Waals surface area contributed by atoms with Crippen molar-refractivity contribution in [3.8, 4) is 0 Å². The Labute approximate surface area is 201 Å². The van der Waals surface area contributed by atoms with E-state index >= 15 is 0 Å². The average molecular weight is 475 g/mol. The number of hydrogen-bond acceptors (Lipinski definition) is 5. The highest BCUT2D eigenvalue weighted by atomic mass is 16.5. The molecule has 0 aromatic heterocycles. The van der Waals surface area contributed by atoms with Gasteiger partial charge in [-0.1, -0.05) is 44.4 Å². The molecule has 9 nitrogen and oxygen atoms in total. The van der Waals surface area contributed by atoms with E-state index in [1.165, 1.54) is 7.11 Å². The predicted octanol–water partition coefficient (Wildman–Crippen LogP) is 2.51. The third-order valence-corrected chi connectivity index (χ3v) is 6.31. The van der Waals surface area contributed by atoms with Gasteiger partial charge in [-0.2, -0.15) is 0 Å². The Balaban J connectivity index is 2.40. The summed E-state index contributed by atoms with van der Waals surface area (Å²) in [6, 6.07) is 6.87. The first kappa shape index (κ1) is 27.1. The normalized spacial score (nSPS) is 15.0. The summed E-state index contributed by atoms with van der Waals surface area (Å²) in [5, 5.41) is 5.44. The quantitative estimate of drug-likeness (QED) is 0.335. The van der Waals surface area contributed by atoms with Gasteiger partial charge in [0.15, 0.2) is 0 Å². The van der Waals surface area contributed by atoms with Gasteiger partial charge in [0.2, 0.25) is 17.7 Å². The molecule has 1 heterocycles. The third kappa shape index (κ3) is 6.95. The first-order chi connectivity index (χ1) is 16.1. The SMILES string of the molecule is CCCCC[C@H](NC(=O)OC)C(C(=O)NCC(C)(C)C(N)=O)C(=O)N1CCCc2ccccc21. The zero-order chi connectivity index (χ0) is 25.3. The molecule has 1 unspecified atom stereocenters. The summed E-state index contributed by atoms with van der Waals surface area (Å²) in [7, 11) is 1.24. The molecule has 0 saturated carbocycles. The summed E-state index contributed by atoms with van der Waals surface area (Å²) in [4.78, 5) is 52.8. The van der Waals surface area contributed by atoms with Crippen LogP contribution in [0, 0.1) is 11.3 Å². The van der Waals surface area contributed by atoms with Crippen molar-refractivity contribution in [2.75, 3.05) is 25.1 Å². The van der Waals surface area contributed by atoms with Gasteiger partial charge in [0, 0.05) is 18.8 Å². The van der Waals surface area contributed by atoms with Crippen molar-refractivity contribution < 1.29 is 23.9 Å². The monoisotopic (exact) mass is 474 g/mol. The number of rotatable bonds is 11. The Morgan fingerprint density at radius 1 is 1.18 bits per heavy atom. The van der Waals surface area contributed by atoms with E-state index in [0.29, 0.717) is 13.0 Å². The number of fused-ring (bicyclic) bond motifs is 1. The van der Waals surface area contributed by atoms with Crippen molar-refractivity contribution in [3.63, 3.8) is 0 Å². The van der Waals surface area contributed by atoms with Gasteiger partial charge in [0.05, 0.1) is 18.6 Å². The molecular formula is C25H38N4O5. The van der Waals surface area contributed by atoms with Crippen molar-refractivity contribution in [1.29, 1.82) is 0 Å². The van der Waals surface area contributed by atoms with Crippen LogP contribution in [-0.4, -0.2) is 50.1 Å². The minimum Gasteiger partial charge on any atom is -0.453 e. The van der Waals surface area contributed by atoms with Gasteiger partial charge in [-0.25, -0.2) is 4.79 Å². The maximum absolute atomic E-state index is 13.9. The van der Waals surface area contributed by atoms with E-state index in [4.69, 9.17) is 10.5 Å². The van der Waals surface area contributed by atoms with Crippen molar-refractivity contribution in [2.45, 2.75) is 65.3 Å². The highest BCUT2D eigenvalue weighted by Gasteiger charge is 2.40. The molecule has 2 rings (SSSR count). The largest absolute Gasteiger partial charge is 0.453 e. The highest BCUT2D eigenvalue weighted by Crippen LogP contribution is 2.29. The minimum atomic E-state index is -1.19. The van der Waals surface area contributed by atoms with Crippen molar-refractivity contribution in [3.05, 3.63) is 29.8 Å². The highest BCUT2D eigenvalue weighted by molar-refractivity contribution is 6.09. The second-order valence-electron chi connectivity index (χ2n) is 9.40. The fraction of sp³-hybridized carbons (Fsp3) is 0.600. The number of anilines is 1. The summed E-state index contributed by atoms with van der Waals surface area (Å²) in [5.41, 5.74) is 6.28. The van der Waals surface area contributed by atoms with Gasteiger partial charge in [0.1, 0.15) is 5.92 Å². The van der Waals surface area contributed by atoms with Gasteiger partial charge < -0.3 is 26.0 Å². The number of ether oxygens (including phenoxy) is 1. The maximum atomic E-state index is 13.9. The number of para-hydroxylation sites is 1. The molecule has 1 aliphatic rings. The van der Waals surface area contributed by atoms with Crippen molar-refractivity contribution >= 4 is 29.5 Å². The number of unbranched alkanes of at least 4 members (excludes halogenated alkanes) is 2. The van der Waals surface area contributed by atoms with Crippen LogP contribution in [0.5, 0.6) is 0 Å². The van der Waals surface area contributed by atoms with Crippen LogP contribution >= 0.6 is 0 Å². The summed E-state index contributed by atoms with van der Waals surface area (Å²) < 4.78 is 4.78. The number of nitrogens with two attached hydrogens (primary N) is 1. The molecule has 0 saturated heterocycles. The Morgan fingerprint density at radius 3 is 2.53 bits per heavy atom. The number of benzene rings is 1. The van der Waals surface area contributed by atoms with Crippen LogP contribution in [0.3, 0.4) is 0 Å². The number of nitrogens with zero attached hydrogens (tertiary/aromatic N) is 1. The average Bonchev–Trinajstić information content (AvgIpc) is 2.82. The molecule has 2 atom stereocenters. The lowest BCUT2D eigenvalue weighted by molar-refractivity contribution is -0.135. The molecule has 0 bridgehead atoms. The van der Waals surface area contributed by atoms with Gasteiger partial charge in [-0.05, 0) is 44.7 Å². The molecular weight excluding hydrogens is 436 g/mol. The number of methoxy groups -OCH3 is 1. The van der Waals surface area contributed by atoms with Crippen LogP contribution in [0.25, 0.3) is 0 Å². The smallest absolute Gasteiger partial charge is 0.407 e. The predicted molar refractivity (Wildman–Crippen MR) is 130 cm³/mol. The van der Waals surface area contributed by atoms with E-state index in [9.17, 15) is 19.2 Å². The number of amides is 4. The zero-order valence-corrected chi connectivity index (χ0v) is 20.7. The molecule has 4 amide bonds. The van der Waals surface area contributed by atoms with E-state index in [-0.39, 0.29) is 12.5 Å². The fourth-order valence-electron chi connectivity index (χ4n) is 4.05. The first-order valence-corrected chi connectivity index (χ1v) is 11.9. The molecule has 4 N–H and O–H groups in total. The van der Waals surface area contributed by atoms with Crippen molar-refractivity contribution in [2.24, 2.45) is 17.1 Å². The second-order valence-corrected chi connectivity index (χ2v) is 9.40. The van der Waals surface area contributed by atoms with Gasteiger partial charge >= 0.3 is 6.09 Å². The number of nitrogens with one attached hydrogen (secondary N) is 2. The Bertz CT molecular complexity index is 886. The lowest BCUT2D eigenvalue weighted by Crippen LogP contribution is -2.56. The second kappa shape index (κ2) is 12.4. The molecule has 0 aliphatic carbocycles. The molecule has 1 aromatic rings. The molecule has 0 fully saturated rings. The van der Waals surface area contributed by atoms with Crippen LogP contribution < -0.4 is 21.3 Å². The number of carbonyl (C=O) groups excluding carboxylic acids is 4. The van der Waals surface area contributed by atoms with E-state index in [1.54, 1.807) is 18.7 Å². The standard InChI is InChI=1S/C25H38N4O5/c1-5-6-7-13-18(28-24(33)34-4)20(21(30)27-16-25(2,3)23(26)32)22(31)29-15-10-12-17-11-8-9-14-19(17)29/h8-9,11,14,18,20H,5-7,10,12-13,15-16H2,1-4H3,(H2,26,32)(H,27,30)(H,28,33)/t18-,20?/m0/s1. The number of hydrogen-bond donors (Lipinski definition) is 3. The Morgan fingerprint density at radius 2 is 1.88 bits per heavy atom. The van der Waals surface area contributed by atoms with E-state index in [0.717, 1.165) is 43.4 Å². The molecule has 0 radical (unpaired) electrons. The van der Waals surface area contributed by atoms with E-state index in [2.05, 4.69) is 17.6 Å². The fourth-order valence-corrected chi connectivity index (χ4v) is 4.05. The zero-order valence-electron chi connectivity index (χ0n) is 20.7. The van der Waals surface area contributed by atoms with Gasteiger partial charge in [-0.3, -0.25) is 14.4 Å². The molecule has 188 valence electrons. The number of carbonyl (C=O) groups is 4. The Kier molecular flexibility index (Phi) is 9.89. The van der Waals surface area contributed by atoms with Crippen molar-refractivity contribution in [1.82, 2.24) is 10.6 Å². The lowest BCUT2D eigenvalue weighted by atomic mass is 9.89. The van der Waals surface area contributed by atoms with Gasteiger partial charge in [0.25, 0.3) is 0 Å². The van der Waals surface area contributed by atoms with Crippen LogP contribution in [0.1, 0.15) is 58.4 Å². The first-order valence-electron chi connectivity index (χ1n) is 11.9. The van der Waals surface area contributed by atoms with Crippen LogP contribution in [0.2, 0.25) is 0 Å². The van der Waals surface area contributed by atoms with E-state index in [1.807, 2.05) is 24.3 Å². The van der Waals surface area contributed by atoms with Crippen LogP contribution in [0.15, 0.2) is 24.3 Å². The van der Waals surface area contributed by atoms with E-state index < -0.39 is 35.3 Å². The topological polar surface area (TPSA) is 131 Å². The minimum absolute atomic E-state index is 0.0264. The van der Waals surface area contributed by atoms with Crippen LogP contribution in [0.4, 0.5) is 10.5 Å². The number of alkyl carbamates (subject to hydrolysis) is 1. The number of aryl methyl sites for hydroxylation is 1. The summed E-state index contributed by atoms with van der Waals surface area (Å²) in [6.07, 6.45) is 3.92. The molecule has 1 aliphatic heterocycles. The lowest BCUT2D eigenvalue weighted by Gasteiger charge is -2.35. The van der Waals surface area contributed by atoms with Gasteiger partial charge in [-0.15, -0.1) is 0 Å². The third-order valence-electron chi connectivity index (χ3n) is 6.31. The summed E-state index contributed by atoms with van der Waals surface area (Å²) in [6.45, 7) is 5.75. The maximum Gasteiger partial charge on any atom is 0.407 e.